The molecule has 0 unspecified atom stereocenters. The van der Waals surface area contributed by atoms with Crippen LogP contribution in [0.3, 0.4) is 0 Å². The predicted molar refractivity (Wildman–Crippen MR) is 150 cm³/mol. The number of aromatic hydroxyl groups is 3. The first kappa shape index (κ1) is 24.6. The molecular weight excluding hydrogens is 516 g/mol. The molecule has 39 heavy (non-hydrogen) atoms. The normalized spacial score (nSPS) is 11.5. The molecule has 0 saturated carbocycles. The SMILES string of the molecule is CCOc1cc(-c2c(C(=O)c3cc4ccccc4o3)c(O)c(O)n2-c2nc3c(C)cc(C)cc3s2)ccc1O. The molecule has 0 atom stereocenters. The fourth-order valence-electron chi connectivity index (χ4n) is 4.83. The van der Waals surface area contributed by atoms with Crippen molar-refractivity contribution >= 4 is 38.3 Å². The van der Waals surface area contributed by atoms with Crippen molar-refractivity contribution in [1.29, 1.82) is 0 Å². The van der Waals surface area contributed by atoms with E-state index in [9.17, 15) is 20.1 Å². The number of para-hydroxylation sites is 1. The Morgan fingerprint density at radius 2 is 1.85 bits per heavy atom. The van der Waals surface area contributed by atoms with E-state index in [4.69, 9.17) is 14.1 Å². The smallest absolute Gasteiger partial charge is 0.242 e. The molecule has 0 aliphatic rings. The summed E-state index contributed by atoms with van der Waals surface area (Å²) in [5.41, 5.74) is 3.74. The minimum Gasteiger partial charge on any atom is -0.504 e. The van der Waals surface area contributed by atoms with Crippen LogP contribution in [0, 0.1) is 13.8 Å². The van der Waals surface area contributed by atoms with Gasteiger partial charge in [-0.05, 0) is 68.3 Å². The second kappa shape index (κ2) is 9.21. The average molecular weight is 541 g/mol. The molecule has 3 heterocycles. The Morgan fingerprint density at radius 3 is 2.62 bits per heavy atom. The Labute approximate surface area is 227 Å². The van der Waals surface area contributed by atoms with Crippen molar-refractivity contribution in [3.05, 3.63) is 83.1 Å². The zero-order valence-corrected chi connectivity index (χ0v) is 22.2. The Hall–Kier alpha value is -4.76. The molecule has 0 aliphatic carbocycles. The van der Waals surface area contributed by atoms with Crippen LogP contribution in [0.25, 0.3) is 37.6 Å². The largest absolute Gasteiger partial charge is 0.504 e. The van der Waals surface area contributed by atoms with Gasteiger partial charge in [0.05, 0.1) is 28.1 Å². The number of ketones is 1. The van der Waals surface area contributed by atoms with Crippen molar-refractivity contribution in [2.45, 2.75) is 20.8 Å². The highest BCUT2D eigenvalue weighted by molar-refractivity contribution is 7.20. The van der Waals surface area contributed by atoms with Gasteiger partial charge in [0.1, 0.15) is 5.58 Å². The van der Waals surface area contributed by atoms with Crippen LogP contribution in [0.4, 0.5) is 0 Å². The third-order valence-corrected chi connectivity index (χ3v) is 7.53. The highest BCUT2D eigenvalue weighted by atomic mass is 32.1. The van der Waals surface area contributed by atoms with E-state index in [1.165, 1.54) is 22.0 Å². The summed E-state index contributed by atoms with van der Waals surface area (Å²) in [4.78, 5) is 18.7. The number of phenols is 1. The first-order valence-corrected chi connectivity index (χ1v) is 13.1. The van der Waals surface area contributed by atoms with Crippen molar-refractivity contribution in [3.63, 3.8) is 0 Å². The van der Waals surface area contributed by atoms with Gasteiger partial charge in [-0.25, -0.2) is 4.98 Å². The minimum absolute atomic E-state index is 0.00415. The van der Waals surface area contributed by atoms with Gasteiger partial charge in [-0.15, -0.1) is 0 Å². The number of aromatic nitrogens is 2. The Morgan fingerprint density at radius 1 is 1.05 bits per heavy atom. The monoisotopic (exact) mass is 540 g/mol. The van der Waals surface area contributed by atoms with Gasteiger partial charge in [0.25, 0.3) is 0 Å². The summed E-state index contributed by atoms with van der Waals surface area (Å²) in [6, 6.07) is 17.4. The first-order chi connectivity index (χ1) is 18.8. The van der Waals surface area contributed by atoms with Gasteiger partial charge in [0.15, 0.2) is 28.1 Å². The number of rotatable bonds is 6. The number of nitrogens with zero attached hydrogens (tertiary/aromatic N) is 2. The van der Waals surface area contributed by atoms with Crippen molar-refractivity contribution in [2.75, 3.05) is 6.61 Å². The molecule has 3 N–H and O–H groups in total. The summed E-state index contributed by atoms with van der Waals surface area (Å²) in [5, 5.41) is 33.8. The second-order valence-electron chi connectivity index (χ2n) is 9.25. The van der Waals surface area contributed by atoms with Crippen LogP contribution in [-0.4, -0.2) is 37.3 Å². The molecule has 0 saturated heterocycles. The average Bonchev–Trinajstić information content (AvgIpc) is 3.60. The van der Waals surface area contributed by atoms with Gasteiger partial charge in [0, 0.05) is 10.9 Å². The maximum Gasteiger partial charge on any atom is 0.242 e. The number of fused-ring (bicyclic) bond motifs is 2. The number of furan rings is 1. The molecule has 0 bridgehead atoms. The highest BCUT2D eigenvalue weighted by Gasteiger charge is 2.33. The highest BCUT2D eigenvalue weighted by Crippen LogP contribution is 2.47. The number of phenolic OH excluding ortho intramolecular Hbond substituents is 1. The number of benzene rings is 3. The van der Waals surface area contributed by atoms with Crippen LogP contribution in [0.2, 0.25) is 0 Å². The number of carbonyl (C=O) groups is 1. The lowest BCUT2D eigenvalue weighted by atomic mass is 10.0. The maximum atomic E-state index is 13.9. The molecule has 3 aromatic heterocycles. The fraction of sp³-hybridized carbons (Fsp3) is 0.133. The number of carbonyl (C=O) groups excluding carboxylic acids is 1. The number of hydrogen-bond acceptors (Lipinski definition) is 8. The summed E-state index contributed by atoms with van der Waals surface area (Å²) in [5.74, 6) is -1.64. The zero-order chi connectivity index (χ0) is 27.4. The van der Waals surface area contributed by atoms with Crippen molar-refractivity contribution in [2.24, 2.45) is 0 Å². The number of hydrogen-bond donors (Lipinski definition) is 3. The van der Waals surface area contributed by atoms with E-state index in [-0.39, 0.29) is 28.5 Å². The molecule has 0 spiro atoms. The Bertz CT molecular complexity index is 1880. The van der Waals surface area contributed by atoms with Gasteiger partial charge < -0.3 is 24.5 Å². The lowest BCUT2D eigenvalue weighted by Gasteiger charge is -2.12. The Balaban J connectivity index is 1.64. The van der Waals surface area contributed by atoms with Gasteiger partial charge in [0.2, 0.25) is 11.7 Å². The molecule has 0 amide bonds. The topological polar surface area (TPSA) is 118 Å². The van der Waals surface area contributed by atoms with Gasteiger partial charge in [-0.1, -0.05) is 35.6 Å². The number of thiazole rings is 1. The standard InChI is InChI=1S/C30H24N2O6S/c1-4-37-21-14-18(9-10-19(21)33)26-24(27(34)22-13-17-7-5-6-8-20(17)38-22)28(35)29(36)32(26)30-31-25-16(3)11-15(2)12-23(25)39-30/h5-14,33,35-36H,4H2,1-3H3. The van der Waals surface area contributed by atoms with Gasteiger partial charge in [-0.3, -0.25) is 9.36 Å². The lowest BCUT2D eigenvalue weighted by molar-refractivity contribution is 0.101. The van der Waals surface area contributed by atoms with Gasteiger partial charge in [-0.2, -0.15) is 0 Å². The molecule has 3 aromatic carbocycles. The quantitative estimate of drug-likeness (QED) is 0.197. The second-order valence-corrected chi connectivity index (χ2v) is 10.3. The number of ether oxygens (including phenoxy) is 1. The molecular formula is C30H24N2O6S. The van der Waals surface area contributed by atoms with E-state index in [0.717, 1.165) is 26.7 Å². The van der Waals surface area contributed by atoms with E-state index >= 15 is 0 Å². The summed E-state index contributed by atoms with van der Waals surface area (Å²) < 4.78 is 13.6. The van der Waals surface area contributed by atoms with Crippen molar-refractivity contribution < 1.29 is 29.3 Å². The van der Waals surface area contributed by atoms with Crippen LogP contribution >= 0.6 is 11.3 Å². The summed E-state index contributed by atoms with van der Waals surface area (Å²) in [6.45, 7) is 6.04. The molecule has 196 valence electrons. The zero-order valence-electron chi connectivity index (χ0n) is 21.3. The van der Waals surface area contributed by atoms with Crippen molar-refractivity contribution in [1.82, 2.24) is 9.55 Å². The van der Waals surface area contributed by atoms with Crippen molar-refractivity contribution in [3.8, 4) is 39.5 Å². The molecule has 9 heteroatoms. The third-order valence-electron chi connectivity index (χ3n) is 6.54. The van der Waals surface area contributed by atoms with Crippen LogP contribution in [0.1, 0.15) is 34.2 Å². The van der Waals surface area contributed by atoms with E-state index in [1.54, 1.807) is 37.3 Å². The summed E-state index contributed by atoms with van der Waals surface area (Å²) in [7, 11) is 0. The van der Waals surface area contributed by atoms with E-state index in [2.05, 4.69) is 0 Å². The third kappa shape index (κ3) is 3.98. The number of aryl methyl sites for hydroxylation is 2. The van der Waals surface area contributed by atoms with Gasteiger partial charge >= 0.3 is 0 Å². The van der Waals surface area contributed by atoms with E-state index in [0.29, 0.717) is 22.9 Å². The van der Waals surface area contributed by atoms with Crippen LogP contribution in [-0.2, 0) is 0 Å². The molecule has 0 aliphatic heterocycles. The molecule has 0 fully saturated rings. The lowest BCUT2D eigenvalue weighted by Crippen LogP contribution is -2.04. The molecule has 8 nitrogen and oxygen atoms in total. The molecule has 0 radical (unpaired) electrons. The van der Waals surface area contributed by atoms with Crippen LogP contribution < -0.4 is 4.74 Å². The first-order valence-electron chi connectivity index (χ1n) is 12.3. The predicted octanol–water partition coefficient (Wildman–Crippen LogP) is 6.86. The fourth-order valence-corrected chi connectivity index (χ4v) is 5.98. The Kier molecular flexibility index (Phi) is 5.80. The maximum absolute atomic E-state index is 13.9. The molecule has 6 aromatic rings. The van der Waals surface area contributed by atoms with E-state index in [1.807, 2.05) is 38.1 Å². The summed E-state index contributed by atoms with van der Waals surface area (Å²) >= 11 is 1.32. The molecule has 6 rings (SSSR count). The van der Waals surface area contributed by atoms with Crippen LogP contribution in [0.15, 0.2) is 65.1 Å². The van der Waals surface area contributed by atoms with E-state index < -0.39 is 17.4 Å². The minimum atomic E-state index is -0.619. The van der Waals surface area contributed by atoms with Crippen LogP contribution in [0.5, 0.6) is 23.1 Å². The summed E-state index contributed by atoms with van der Waals surface area (Å²) in [6.07, 6.45) is 0.